The molecule has 1 fully saturated rings. The molecule has 3 nitrogen and oxygen atoms in total. The zero-order valence-electron chi connectivity index (χ0n) is 12.3. The van der Waals surface area contributed by atoms with Gasteiger partial charge in [-0.2, -0.15) is 0 Å². The Bertz CT molecular complexity index is 690. The van der Waals surface area contributed by atoms with Crippen LogP contribution in [0.2, 0.25) is 10.0 Å². The maximum atomic E-state index is 13.4. The molecule has 1 aliphatic rings. The molecule has 1 heterocycles. The van der Waals surface area contributed by atoms with Gasteiger partial charge in [0.05, 0.1) is 22.8 Å². The van der Waals surface area contributed by atoms with Gasteiger partial charge >= 0.3 is 0 Å². The van der Waals surface area contributed by atoms with E-state index in [0.29, 0.717) is 28.8 Å². The van der Waals surface area contributed by atoms with Crippen molar-refractivity contribution < 1.29 is 13.9 Å². The Morgan fingerprint density at radius 3 is 2.87 bits per heavy atom. The Hall–Kier alpha value is -1.33. The number of ether oxygens (including phenoxy) is 2. The number of para-hydroxylation sites is 1. The first-order chi connectivity index (χ1) is 11.1. The molecular weight excluding hydrogens is 340 g/mol. The zero-order chi connectivity index (χ0) is 16.2. The summed E-state index contributed by atoms with van der Waals surface area (Å²) in [5.41, 5.74) is 0.895. The van der Waals surface area contributed by atoms with Gasteiger partial charge in [-0.25, -0.2) is 4.39 Å². The number of morpholine rings is 1. The molecule has 0 radical (unpaired) electrons. The second-order valence-corrected chi connectivity index (χ2v) is 6.12. The van der Waals surface area contributed by atoms with Crippen LogP contribution in [0.1, 0.15) is 5.56 Å². The first kappa shape index (κ1) is 16.5. The maximum Gasteiger partial charge on any atom is 0.149 e. The van der Waals surface area contributed by atoms with Crippen molar-refractivity contribution in [3.05, 3.63) is 57.8 Å². The summed E-state index contributed by atoms with van der Waals surface area (Å²) in [7, 11) is 0. The van der Waals surface area contributed by atoms with Crippen LogP contribution in [0.5, 0.6) is 11.5 Å². The van der Waals surface area contributed by atoms with E-state index >= 15 is 0 Å². The number of rotatable bonds is 4. The highest BCUT2D eigenvalue weighted by Gasteiger charge is 2.19. The minimum Gasteiger partial charge on any atom is -0.454 e. The predicted octanol–water partition coefficient (Wildman–Crippen LogP) is 4.46. The Morgan fingerprint density at radius 2 is 2.09 bits per heavy atom. The lowest BCUT2D eigenvalue weighted by Crippen LogP contribution is -2.39. The van der Waals surface area contributed by atoms with E-state index in [2.05, 4.69) is 5.32 Å². The highest BCUT2D eigenvalue weighted by Crippen LogP contribution is 2.37. The smallest absolute Gasteiger partial charge is 0.149 e. The van der Waals surface area contributed by atoms with Gasteiger partial charge in [0.25, 0.3) is 0 Å². The predicted molar refractivity (Wildman–Crippen MR) is 89.2 cm³/mol. The molecule has 0 bridgehead atoms. The van der Waals surface area contributed by atoms with E-state index in [1.54, 1.807) is 6.07 Å². The van der Waals surface area contributed by atoms with Gasteiger partial charge in [0.15, 0.2) is 0 Å². The van der Waals surface area contributed by atoms with Crippen molar-refractivity contribution >= 4 is 23.2 Å². The molecule has 2 aromatic carbocycles. The molecule has 0 saturated carbocycles. The van der Waals surface area contributed by atoms with Gasteiger partial charge in [-0.1, -0.05) is 35.3 Å². The van der Waals surface area contributed by atoms with Crippen LogP contribution in [0.4, 0.5) is 4.39 Å². The summed E-state index contributed by atoms with van der Waals surface area (Å²) in [5.74, 6) is 0.303. The monoisotopic (exact) mass is 355 g/mol. The van der Waals surface area contributed by atoms with Crippen LogP contribution in [-0.4, -0.2) is 25.8 Å². The van der Waals surface area contributed by atoms with Crippen molar-refractivity contribution in [1.29, 1.82) is 0 Å². The molecule has 0 aromatic heterocycles. The highest BCUT2D eigenvalue weighted by molar-refractivity contribution is 6.33. The number of hydrogen-bond donors (Lipinski definition) is 1. The summed E-state index contributed by atoms with van der Waals surface area (Å²) in [6.07, 6.45) is 0.697. The average molecular weight is 356 g/mol. The van der Waals surface area contributed by atoms with E-state index in [0.717, 1.165) is 18.7 Å². The van der Waals surface area contributed by atoms with Gasteiger partial charge in [0, 0.05) is 25.6 Å². The third-order valence-electron chi connectivity index (χ3n) is 3.61. The van der Waals surface area contributed by atoms with Gasteiger partial charge in [-0.3, -0.25) is 0 Å². The highest BCUT2D eigenvalue weighted by atomic mass is 35.5. The molecule has 1 aliphatic heterocycles. The summed E-state index contributed by atoms with van der Waals surface area (Å²) in [4.78, 5) is 0. The molecule has 0 aliphatic carbocycles. The maximum absolute atomic E-state index is 13.4. The van der Waals surface area contributed by atoms with Crippen LogP contribution in [0.15, 0.2) is 36.4 Å². The number of benzene rings is 2. The number of hydrogen-bond acceptors (Lipinski definition) is 3. The minimum absolute atomic E-state index is 0.0487. The van der Waals surface area contributed by atoms with E-state index in [1.807, 2.05) is 12.1 Å². The fourth-order valence-electron chi connectivity index (χ4n) is 2.49. The summed E-state index contributed by atoms with van der Waals surface area (Å²) in [6, 6.07) is 9.49. The molecule has 1 saturated heterocycles. The van der Waals surface area contributed by atoms with Gasteiger partial charge in [-0.05, 0) is 23.8 Å². The standard InChI is InChI=1S/C17H16Cl2FNO2/c18-14-5-4-12(20)9-16(14)23-17-11(2-1-3-15(17)19)8-13-10-21-6-7-22-13/h1-5,9,13,21H,6-8,10H2/t13-/m0/s1. The van der Waals surface area contributed by atoms with E-state index in [-0.39, 0.29) is 11.9 Å². The molecule has 1 N–H and O–H groups in total. The molecule has 23 heavy (non-hydrogen) atoms. The van der Waals surface area contributed by atoms with Gasteiger partial charge in [0.2, 0.25) is 0 Å². The lowest BCUT2D eigenvalue weighted by molar-refractivity contribution is 0.0290. The molecule has 0 amide bonds. The first-order valence-corrected chi connectivity index (χ1v) is 8.11. The molecule has 2 aromatic rings. The molecule has 3 rings (SSSR count). The van der Waals surface area contributed by atoms with Crippen LogP contribution in [-0.2, 0) is 11.2 Å². The van der Waals surface area contributed by atoms with Gasteiger partial charge < -0.3 is 14.8 Å². The molecule has 0 spiro atoms. The van der Waals surface area contributed by atoms with Crippen molar-refractivity contribution in [3.63, 3.8) is 0 Å². The summed E-state index contributed by atoms with van der Waals surface area (Å²) >= 11 is 12.3. The minimum atomic E-state index is -0.419. The molecular formula is C17H16Cl2FNO2. The van der Waals surface area contributed by atoms with E-state index in [1.165, 1.54) is 18.2 Å². The molecule has 6 heteroatoms. The summed E-state index contributed by atoms with van der Waals surface area (Å²) in [6.45, 7) is 2.30. The topological polar surface area (TPSA) is 30.5 Å². The SMILES string of the molecule is Fc1ccc(Cl)c(Oc2c(Cl)cccc2C[C@H]2CNCCO2)c1. The third-order valence-corrected chi connectivity index (χ3v) is 4.22. The largest absolute Gasteiger partial charge is 0.454 e. The molecule has 122 valence electrons. The van der Waals surface area contributed by atoms with Crippen LogP contribution in [0, 0.1) is 5.82 Å². The fraction of sp³-hybridized carbons (Fsp3) is 0.294. The first-order valence-electron chi connectivity index (χ1n) is 7.36. The van der Waals surface area contributed by atoms with Gasteiger partial charge in [0.1, 0.15) is 17.3 Å². The van der Waals surface area contributed by atoms with Crippen LogP contribution >= 0.6 is 23.2 Å². The van der Waals surface area contributed by atoms with Crippen molar-refractivity contribution in [2.24, 2.45) is 0 Å². The van der Waals surface area contributed by atoms with E-state index < -0.39 is 5.82 Å². The number of halogens is 3. The Morgan fingerprint density at radius 1 is 1.22 bits per heavy atom. The lowest BCUT2D eigenvalue weighted by atomic mass is 10.1. The quantitative estimate of drug-likeness (QED) is 0.878. The van der Waals surface area contributed by atoms with Crippen molar-refractivity contribution in [2.75, 3.05) is 19.7 Å². The van der Waals surface area contributed by atoms with Crippen LogP contribution in [0.3, 0.4) is 0 Å². The second kappa shape index (κ2) is 7.49. The molecule has 1 atom stereocenters. The zero-order valence-corrected chi connectivity index (χ0v) is 13.8. The second-order valence-electron chi connectivity index (χ2n) is 5.31. The van der Waals surface area contributed by atoms with E-state index in [4.69, 9.17) is 32.7 Å². The van der Waals surface area contributed by atoms with Gasteiger partial charge in [-0.15, -0.1) is 0 Å². The Labute approximate surface area is 144 Å². The molecule has 0 unspecified atom stereocenters. The third kappa shape index (κ3) is 4.15. The van der Waals surface area contributed by atoms with Crippen LogP contribution < -0.4 is 10.1 Å². The Balaban J connectivity index is 1.87. The summed E-state index contributed by atoms with van der Waals surface area (Å²) in [5, 5.41) is 4.06. The lowest BCUT2D eigenvalue weighted by Gasteiger charge is -2.24. The van der Waals surface area contributed by atoms with E-state index in [9.17, 15) is 4.39 Å². The Kier molecular flexibility index (Phi) is 5.38. The normalized spacial score (nSPS) is 18.0. The van der Waals surface area contributed by atoms with Crippen molar-refractivity contribution in [3.8, 4) is 11.5 Å². The fourth-order valence-corrected chi connectivity index (χ4v) is 2.88. The van der Waals surface area contributed by atoms with Crippen LogP contribution in [0.25, 0.3) is 0 Å². The van der Waals surface area contributed by atoms with Crippen molar-refractivity contribution in [2.45, 2.75) is 12.5 Å². The van der Waals surface area contributed by atoms with Crippen molar-refractivity contribution in [1.82, 2.24) is 5.32 Å². The average Bonchev–Trinajstić information content (AvgIpc) is 2.55. The summed E-state index contributed by atoms with van der Waals surface area (Å²) < 4.78 is 25.0. The number of nitrogens with one attached hydrogen (secondary N) is 1.